The first-order valence-electron chi connectivity index (χ1n) is 7.00. The van der Waals surface area contributed by atoms with Crippen molar-refractivity contribution in [2.75, 3.05) is 4.90 Å². The molecule has 0 aliphatic carbocycles. The first kappa shape index (κ1) is 13.0. The number of rotatable bonds is 3. The predicted molar refractivity (Wildman–Crippen MR) is 77.2 cm³/mol. The standard InChI is InChI=1S/C15H19N5/c1-10(2)6-14-17-7-12-8-20(9-13(12)19-14)15-16-5-4-11(3)18-15/h4-5,7,10H,6,8-9H2,1-3H3. The van der Waals surface area contributed by atoms with Crippen molar-refractivity contribution in [3.63, 3.8) is 0 Å². The SMILES string of the molecule is Cc1ccnc(N2Cc3cnc(CC(C)C)nc3C2)n1. The van der Waals surface area contributed by atoms with Crippen LogP contribution in [0.3, 0.4) is 0 Å². The van der Waals surface area contributed by atoms with Gasteiger partial charge in [0.25, 0.3) is 0 Å². The monoisotopic (exact) mass is 269 g/mol. The fraction of sp³-hybridized carbons (Fsp3) is 0.467. The van der Waals surface area contributed by atoms with Gasteiger partial charge in [0.15, 0.2) is 0 Å². The van der Waals surface area contributed by atoms with Gasteiger partial charge in [-0.15, -0.1) is 0 Å². The Hall–Kier alpha value is -2.04. The van der Waals surface area contributed by atoms with Crippen LogP contribution in [-0.2, 0) is 19.5 Å². The van der Waals surface area contributed by atoms with E-state index in [-0.39, 0.29) is 0 Å². The van der Waals surface area contributed by atoms with Gasteiger partial charge in [0.1, 0.15) is 5.82 Å². The molecular formula is C15H19N5. The van der Waals surface area contributed by atoms with E-state index in [1.165, 1.54) is 5.56 Å². The smallest absolute Gasteiger partial charge is 0.226 e. The van der Waals surface area contributed by atoms with Gasteiger partial charge in [0, 0.05) is 36.6 Å². The average Bonchev–Trinajstić information content (AvgIpc) is 2.81. The lowest BCUT2D eigenvalue weighted by Gasteiger charge is -2.14. The van der Waals surface area contributed by atoms with E-state index in [9.17, 15) is 0 Å². The van der Waals surface area contributed by atoms with Gasteiger partial charge in [-0.2, -0.15) is 0 Å². The molecule has 2 aromatic heterocycles. The molecule has 5 heteroatoms. The number of anilines is 1. The Labute approximate surface area is 119 Å². The average molecular weight is 269 g/mol. The zero-order valence-electron chi connectivity index (χ0n) is 12.2. The Balaban J connectivity index is 1.81. The Bertz CT molecular complexity index is 623. The van der Waals surface area contributed by atoms with Gasteiger partial charge in [-0.25, -0.2) is 19.9 Å². The summed E-state index contributed by atoms with van der Waals surface area (Å²) in [6, 6.07) is 1.91. The normalized spacial score (nSPS) is 13.9. The lowest BCUT2D eigenvalue weighted by atomic mass is 10.1. The first-order chi connectivity index (χ1) is 9.61. The molecular weight excluding hydrogens is 250 g/mol. The fourth-order valence-corrected chi connectivity index (χ4v) is 2.39. The van der Waals surface area contributed by atoms with Crippen LogP contribution in [0.2, 0.25) is 0 Å². The summed E-state index contributed by atoms with van der Waals surface area (Å²) in [6.45, 7) is 7.91. The minimum absolute atomic E-state index is 0.575. The number of nitrogens with zero attached hydrogens (tertiary/aromatic N) is 5. The van der Waals surface area contributed by atoms with E-state index in [1.807, 2.05) is 19.2 Å². The summed E-state index contributed by atoms with van der Waals surface area (Å²) in [5, 5.41) is 0. The molecule has 0 saturated carbocycles. The van der Waals surface area contributed by atoms with Crippen LogP contribution in [0.4, 0.5) is 5.95 Å². The quantitative estimate of drug-likeness (QED) is 0.855. The third kappa shape index (κ3) is 2.61. The van der Waals surface area contributed by atoms with Crippen LogP contribution in [0.1, 0.15) is 36.6 Å². The Morgan fingerprint density at radius 2 is 2.05 bits per heavy atom. The second-order valence-corrected chi connectivity index (χ2v) is 5.71. The van der Waals surface area contributed by atoms with E-state index < -0.39 is 0 Å². The largest absolute Gasteiger partial charge is 0.330 e. The van der Waals surface area contributed by atoms with E-state index in [0.717, 1.165) is 42.7 Å². The van der Waals surface area contributed by atoms with E-state index in [2.05, 4.69) is 38.7 Å². The molecule has 0 bridgehead atoms. The van der Waals surface area contributed by atoms with Gasteiger partial charge in [0.05, 0.1) is 12.2 Å². The van der Waals surface area contributed by atoms with Crippen LogP contribution >= 0.6 is 0 Å². The maximum atomic E-state index is 4.68. The third-order valence-electron chi connectivity index (χ3n) is 3.36. The molecule has 1 aliphatic rings. The summed E-state index contributed by atoms with van der Waals surface area (Å²) in [4.78, 5) is 20.1. The van der Waals surface area contributed by atoms with Crippen LogP contribution in [0.5, 0.6) is 0 Å². The van der Waals surface area contributed by atoms with Crippen LogP contribution in [-0.4, -0.2) is 19.9 Å². The van der Waals surface area contributed by atoms with Gasteiger partial charge in [-0.3, -0.25) is 0 Å². The molecule has 0 aromatic carbocycles. The zero-order valence-corrected chi connectivity index (χ0v) is 12.2. The number of aromatic nitrogens is 4. The lowest BCUT2D eigenvalue weighted by Crippen LogP contribution is -2.17. The van der Waals surface area contributed by atoms with E-state index in [0.29, 0.717) is 5.92 Å². The Kier molecular flexibility index (Phi) is 3.34. The molecule has 0 fully saturated rings. The number of fused-ring (bicyclic) bond motifs is 1. The van der Waals surface area contributed by atoms with Crippen molar-refractivity contribution in [2.45, 2.75) is 40.3 Å². The van der Waals surface area contributed by atoms with Gasteiger partial charge < -0.3 is 4.90 Å². The molecule has 3 heterocycles. The second-order valence-electron chi connectivity index (χ2n) is 5.71. The van der Waals surface area contributed by atoms with Crippen molar-refractivity contribution in [3.05, 3.63) is 41.2 Å². The summed E-state index contributed by atoms with van der Waals surface area (Å²) in [7, 11) is 0. The van der Waals surface area contributed by atoms with Crippen LogP contribution in [0, 0.1) is 12.8 Å². The molecule has 0 saturated heterocycles. The summed E-state index contributed by atoms with van der Waals surface area (Å²) in [5.41, 5.74) is 3.28. The highest BCUT2D eigenvalue weighted by atomic mass is 15.3. The van der Waals surface area contributed by atoms with Crippen molar-refractivity contribution in [1.82, 2.24) is 19.9 Å². The Morgan fingerprint density at radius 3 is 2.80 bits per heavy atom. The molecule has 20 heavy (non-hydrogen) atoms. The summed E-state index contributed by atoms with van der Waals surface area (Å²) >= 11 is 0. The maximum Gasteiger partial charge on any atom is 0.226 e. The highest BCUT2D eigenvalue weighted by molar-refractivity contribution is 5.39. The van der Waals surface area contributed by atoms with Crippen molar-refractivity contribution in [3.8, 4) is 0 Å². The second kappa shape index (κ2) is 5.15. The molecule has 0 atom stereocenters. The lowest BCUT2D eigenvalue weighted by molar-refractivity contribution is 0.617. The highest BCUT2D eigenvalue weighted by Gasteiger charge is 2.23. The van der Waals surface area contributed by atoms with E-state index in [4.69, 9.17) is 0 Å². The zero-order chi connectivity index (χ0) is 14.1. The van der Waals surface area contributed by atoms with Crippen molar-refractivity contribution in [2.24, 2.45) is 5.92 Å². The molecule has 0 unspecified atom stereocenters. The van der Waals surface area contributed by atoms with Gasteiger partial charge in [-0.1, -0.05) is 13.8 Å². The van der Waals surface area contributed by atoms with Crippen LogP contribution in [0.15, 0.2) is 18.5 Å². The molecule has 104 valence electrons. The summed E-state index contributed by atoms with van der Waals surface area (Å²) < 4.78 is 0. The summed E-state index contributed by atoms with van der Waals surface area (Å²) in [5.74, 6) is 2.28. The van der Waals surface area contributed by atoms with E-state index in [1.54, 1.807) is 6.20 Å². The molecule has 2 aromatic rings. The van der Waals surface area contributed by atoms with Gasteiger partial charge >= 0.3 is 0 Å². The maximum absolute atomic E-state index is 4.68. The third-order valence-corrected chi connectivity index (χ3v) is 3.36. The number of hydrogen-bond acceptors (Lipinski definition) is 5. The van der Waals surface area contributed by atoms with Crippen molar-refractivity contribution in [1.29, 1.82) is 0 Å². The minimum Gasteiger partial charge on any atom is -0.330 e. The summed E-state index contributed by atoms with van der Waals surface area (Å²) in [6.07, 6.45) is 4.68. The molecule has 3 rings (SSSR count). The van der Waals surface area contributed by atoms with Gasteiger partial charge in [0.2, 0.25) is 5.95 Å². The van der Waals surface area contributed by atoms with Gasteiger partial charge in [-0.05, 0) is 18.9 Å². The number of hydrogen-bond donors (Lipinski definition) is 0. The molecule has 5 nitrogen and oxygen atoms in total. The molecule has 1 aliphatic heterocycles. The predicted octanol–water partition coefficient (Wildman–Crippen LogP) is 2.29. The molecule has 0 N–H and O–H groups in total. The minimum atomic E-state index is 0.575. The van der Waals surface area contributed by atoms with Crippen LogP contribution in [0.25, 0.3) is 0 Å². The van der Waals surface area contributed by atoms with E-state index >= 15 is 0 Å². The van der Waals surface area contributed by atoms with Crippen molar-refractivity contribution >= 4 is 5.95 Å². The molecule has 0 radical (unpaired) electrons. The Morgan fingerprint density at radius 1 is 1.20 bits per heavy atom. The highest BCUT2D eigenvalue weighted by Crippen LogP contribution is 2.24. The first-order valence-corrected chi connectivity index (χ1v) is 7.00. The molecule has 0 spiro atoms. The molecule has 0 amide bonds. The number of aryl methyl sites for hydroxylation is 1. The topological polar surface area (TPSA) is 54.8 Å². The fourth-order valence-electron chi connectivity index (χ4n) is 2.39. The van der Waals surface area contributed by atoms with Crippen molar-refractivity contribution < 1.29 is 0 Å². The van der Waals surface area contributed by atoms with Crippen LogP contribution < -0.4 is 4.90 Å².